The van der Waals surface area contributed by atoms with Crippen molar-refractivity contribution in [2.75, 3.05) is 7.05 Å². The van der Waals surface area contributed by atoms with Gasteiger partial charge in [0.2, 0.25) is 10.0 Å². The van der Waals surface area contributed by atoms with Crippen LogP contribution in [-0.4, -0.2) is 15.5 Å². The number of halogens is 1. The molecule has 0 amide bonds. The highest BCUT2D eigenvalue weighted by Gasteiger charge is 2.23. The maximum absolute atomic E-state index is 13.7. The third-order valence-electron chi connectivity index (χ3n) is 3.04. The van der Waals surface area contributed by atoms with Crippen LogP contribution in [0.25, 0.3) is 0 Å². The second-order valence-corrected chi connectivity index (χ2v) is 7.29. The van der Waals surface area contributed by atoms with Crippen LogP contribution >= 0.6 is 11.3 Å². The van der Waals surface area contributed by atoms with Gasteiger partial charge < -0.3 is 5.32 Å². The van der Waals surface area contributed by atoms with Crippen LogP contribution in [0.4, 0.5) is 4.39 Å². The molecule has 0 bridgehead atoms. The van der Waals surface area contributed by atoms with Crippen molar-refractivity contribution in [3.8, 4) is 0 Å². The molecule has 0 saturated heterocycles. The number of nitrogens with one attached hydrogen (secondary N) is 2. The molecule has 114 valence electrons. The van der Waals surface area contributed by atoms with Gasteiger partial charge >= 0.3 is 0 Å². The Hall–Kier alpha value is -1.28. The highest BCUT2D eigenvalue weighted by molar-refractivity contribution is 7.89. The molecule has 0 saturated carbocycles. The maximum atomic E-state index is 13.7. The van der Waals surface area contributed by atoms with Crippen molar-refractivity contribution < 1.29 is 12.8 Å². The largest absolute Gasteiger partial charge is 0.315 e. The molecule has 2 N–H and O–H groups in total. The van der Waals surface area contributed by atoms with Gasteiger partial charge in [0.25, 0.3) is 0 Å². The van der Waals surface area contributed by atoms with Gasteiger partial charge in [-0.05, 0) is 31.5 Å². The summed E-state index contributed by atoms with van der Waals surface area (Å²) in [5, 5.41) is 4.67. The minimum atomic E-state index is -3.68. The van der Waals surface area contributed by atoms with Crippen LogP contribution < -0.4 is 10.0 Å². The average Bonchev–Trinajstić information content (AvgIpc) is 2.88. The van der Waals surface area contributed by atoms with Crippen LogP contribution in [0.2, 0.25) is 0 Å². The molecule has 4 nitrogen and oxygen atoms in total. The van der Waals surface area contributed by atoms with E-state index >= 15 is 0 Å². The van der Waals surface area contributed by atoms with Crippen molar-refractivity contribution in [2.45, 2.75) is 24.4 Å². The summed E-state index contributed by atoms with van der Waals surface area (Å²) < 4.78 is 41.1. The Morgan fingerprint density at radius 3 is 2.67 bits per heavy atom. The zero-order chi connectivity index (χ0) is 15.5. The Labute approximate surface area is 128 Å². The van der Waals surface area contributed by atoms with E-state index in [2.05, 4.69) is 10.0 Å². The van der Waals surface area contributed by atoms with Crippen molar-refractivity contribution in [1.29, 1.82) is 0 Å². The first kappa shape index (κ1) is 16.1. The number of thiophene rings is 1. The molecule has 0 fully saturated rings. The second kappa shape index (κ2) is 6.65. The Bertz CT molecular complexity index is 713. The zero-order valence-corrected chi connectivity index (χ0v) is 13.4. The fourth-order valence-corrected chi connectivity index (χ4v) is 4.72. The molecule has 2 aromatic rings. The Balaban J connectivity index is 2.25. The Morgan fingerprint density at radius 1 is 1.29 bits per heavy atom. The van der Waals surface area contributed by atoms with Crippen molar-refractivity contribution in [1.82, 2.24) is 10.0 Å². The molecule has 1 unspecified atom stereocenters. The van der Waals surface area contributed by atoms with Crippen LogP contribution in [0.5, 0.6) is 0 Å². The zero-order valence-electron chi connectivity index (χ0n) is 11.8. The standard InChI is InChI=1S/C14H17FN2O2S2/c1-10(11-5-3-4-6-12(11)15)17-21(18,19)14-7-8-20-13(14)9-16-2/h3-8,10,16-17H,9H2,1-2H3. The first-order chi connectivity index (χ1) is 9.95. The van der Waals surface area contributed by atoms with E-state index < -0.39 is 21.9 Å². The molecule has 1 aromatic heterocycles. The van der Waals surface area contributed by atoms with E-state index in [0.29, 0.717) is 12.1 Å². The predicted molar refractivity (Wildman–Crippen MR) is 82.2 cm³/mol. The predicted octanol–water partition coefficient (Wildman–Crippen LogP) is 2.65. The molecular weight excluding hydrogens is 311 g/mol. The van der Waals surface area contributed by atoms with E-state index in [-0.39, 0.29) is 4.90 Å². The van der Waals surface area contributed by atoms with E-state index in [4.69, 9.17) is 0 Å². The van der Waals surface area contributed by atoms with Crippen LogP contribution in [0.1, 0.15) is 23.4 Å². The van der Waals surface area contributed by atoms with E-state index in [9.17, 15) is 12.8 Å². The molecule has 1 aromatic carbocycles. The van der Waals surface area contributed by atoms with Crippen molar-refractivity contribution >= 4 is 21.4 Å². The van der Waals surface area contributed by atoms with E-state index in [1.165, 1.54) is 17.4 Å². The molecule has 0 radical (unpaired) electrons. The summed E-state index contributed by atoms with van der Waals surface area (Å²) in [4.78, 5) is 0.968. The molecule has 0 aliphatic heterocycles. The van der Waals surface area contributed by atoms with Gasteiger partial charge in [-0.2, -0.15) is 0 Å². The first-order valence-electron chi connectivity index (χ1n) is 6.43. The molecule has 1 atom stereocenters. The lowest BCUT2D eigenvalue weighted by Crippen LogP contribution is -2.28. The minimum absolute atomic E-state index is 0.241. The van der Waals surface area contributed by atoms with Gasteiger partial charge in [-0.1, -0.05) is 18.2 Å². The summed E-state index contributed by atoms with van der Waals surface area (Å²) in [6, 6.07) is 7.07. The van der Waals surface area contributed by atoms with Gasteiger partial charge in [-0.15, -0.1) is 11.3 Å². The SMILES string of the molecule is CNCc1sccc1S(=O)(=O)NC(C)c1ccccc1F. The summed E-state index contributed by atoms with van der Waals surface area (Å²) in [7, 11) is -1.92. The highest BCUT2D eigenvalue weighted by Crippen LogP contribution is 2.24. The van der Waals surface area contributed by atoms with E-state index in [0.717, 1.165) is 4.88 Å². The fraction of sp³-hybridized carbons (Fsp3) is 0.286. The molecule has 21 heavy (non-hydrogen) atoms. The van der Waals surface area contributed by atoms with Crippen molar-refractivity contribution in [3.63, 3.8) is 0 Å². The molecular formula is C14H17FN2O2S2. The molecule has 0 aliphatic carbocycles. The normalized spacial score (nSPS) is 13.3. The molecule has 1 heterocycles. The molecule has 0 spiro atoms. The summed E-state index contributed by atoms with van der Waals surface area (Å²) in [6.07, 6.45) is 0. The summed E-state index contributed by atoms with van der Waals surface area (Å²) in [5.74, 6) is -0.423. The number of benzene rings is 1. The van der Waals surface area contributed by atoms with Crippen LogP contribution in [0, 0.1) is 5.82 Å². The maximum Gasteiger partial charge on any atom is 0.242 e. The van der Waals surface area contributed by atoms with Gasteiger partial charge in [-0.3, -0.25) is 0 Å². The lowest BCUT2D eigenvalue weighted by Gasteiger charge is -2.15. The fourth-order valence-electron chi connectivity index (χ4n) is 2.04. The monoisotopic (exact) mass is 328 g/mol. The van der Waals surface area contributed by atoms with Gasteiger partial charge in [0.1, 0.15) is 5.82 Å². The van der Waals surface area contributed by atoms with E-state index in [1.54, 1.807) is 43.6 Å². The molecule has 2 rings (SSSR count). The van der Waals surface area contributed by atoms with Crippen molar-refractivity contribution in [3.05, 3.63) is 52.0 Å². The van der Waals surface area contributed by atoms with Crippen LogP contribution in [-0.2, 0) is 16.6 Å². The lowest BCUT2D eigenvalue weighted by atomic mass is 10.1. The summed E-state index contributed by atoms with van der Waals surface area (Å²) >= 11 is 1.37. The smallest absolute Gasteiger partial charge is 0.242 e. The third-order valence-corrected chi connectivity index (χ3v) is 5.71. The topological polar surface area (TPSA) is 58.2 Å². The molecule has 0 aliphatic rings. The average molecular weight is 328 g/mol. The number of rotatable bonds is 6. The van der Waals surface area contributed by atoms with Gasteiger partial charge in [0.05, 0.1) is 4.90 Å². The van der Waals surface area contributed by atoms with Crippen LogP contribution in [0.3, 0.4) is 0 Å². The minimum Gasteiger partial charge on any atom is -0.315 e. The Kier molecular flexibility index (Phi) is 5.10. The number of sulfonamides is 1. The first-order valence-corrected chi connectivity index (χ1v) is 8.79. The number of hydrogen-bond donors (Lipinski definition) is 2. The lowest BCUT2D eigenvalue weighted by molar-refractivity contribution is 0.549. The second-order valence-electron chi connectivity index (χ2n) is 4.60. The van der Waals surface area contributed by atoms with Gasteiger partial charge in [0.15, 0.2) is 0 Å². The van der Waals surface area contributed by atoms with Crippen LogP contribution in [0.15, 0.2) is 40.6 Å². The quantitative estimate of drug-likeness (QED) is 0.857. The number of hydrogen-bond acceptors (Lipinski definition) is 4. The highest BCUT2D eigenvalue weighted by atomic mass is 32.2. The van der Waals surface area contributed by atoms with E-state index in [1.807, 2.05) is 0 Å². The Morgan fingerprint density at radius 2 is 2.00 bits per heavy atom. The summed E-state index contributed by atoms with van der Waals surface area (Å²) in [5.41, 5.74) is 0.325. The van der Waals surface area contributed by atoms with Crippen molar-refractivity contribution in [2.24, 2.45) is 0 Å². The van der Waals surface area contributed by atoms with Gasteiger partial charge in [-0.25, -0.2) is 17.5 Å². The summed E-state index contributed by atoms with van der Waals surface area (Å²) in [6.45, 7) is 2.10. The van der Waals surface area contributed by atoms with Gasteiger partial charge in [0, 0.05) is 23.0 Å². The third kappa shape index (κ3) is 3.68. The molecule has 7 heteroatoms.